The zero-order chi connectivity index (χ0) is 16.7. The highest BCUT2D eigenvalue weighted by Gasteiger charge is 2.34. The van der Waals surface area contributed by atoms with Gasteiger partial charge in [0.1, 0.15) is 0 Å². The molecule has 0 radical (unpaired) electrons. The molecule has 0 spiro atoms. The van der Waals surface area contributed by atoms with Gasteiger partial charge in [0, 0.05) is 11.4 Å². The Hall–Kier alpha value is -2.34. The first-order valence-corrected chi connectivity index (χ1v) is 8.98. The Morgan fingerprint density at radius 2 is 2.21 bits per heavy atom. The second-order valence-electron chi connectivity index (χ2n) is 6.10. The molecule has 2 amide bonds. The minimum Gasteiger partial charge on any atom is -0.478 e. The molecule has 1 aromatic heterocycles. The summed E-state index contributed by atoms with van der Waals surface area (Å²) in [6.45, 7) is 2.43. The van der Waals surface area contributed by atoms with E-state index in [1.165, 1.54) is 4.88 Å². The quantitative estimate of drug-likeness (QED) is 0.909. The SMILES string of the molecule is C[C@H]1Oc2c(cccc2C(=O)N2CCC[C@@H]2c2cccs2)NC1=O. The van der Waals surface area contributed by atoms with Crippen LogP contribution in [0.1, 0.15) is 41.0 Å². The lowest BCUT2D eigenvalue weighted by molar-refractivity contribution is -0.122. The number of fused-ring (bicyclic) bond motifs is 1. The number of ether oxygens (including phenoxy) is 1. The second kappa shape index (κ2) is 5.94. The van der Waals surface area contributed by atoms with E-state index in [4.69, 9.17) is 4.74 Å². The van der Waals surface area contributed by atoms with Gasteiger partial charge in [0.05, 0.1) is 17.3 Å². The molecule has 1 N–H and O–H groups in total. The number of carbonyl (C=O) groups is 2. The molecule has 1 fully saturated rings. The number of carbonyl (C=O) groups excluding carboxylic acids is 2. The first-order chi connectivity index (χ1) is 11.6. The Labute approximate surface area is 144 Å². The third kappa shape index (κ3) is 2.47. The molecule has 0 saturated carbocycles. The number of nitrogens with zero attached hydrogens (tertiary/aromatic N) is 1. The van der Waals surface area contributed by atoms with Crippen molar-refractivity contribution in [1.29, 1.82) is 0 Å². The maximum atomic E-state index is 13.2. The predicted molar refractivity (Wildman–Crippen MR) is 92.5 cm³/mol. The van der Waals surface area contributed by atoms with Crippen LogP contribution in [0.4, 0.5) is 5.69 Å². The van der Waals surface area contributed by atoms with Crippen LogP contribution >= 0.6 is 11.3 Å². The fourth-order valence-corrected chi connectivity index (χ4v) is 4.21. The summed E-state index contributed by atoms with van der Waals surface area (Å²) in [5, 5.41) is 4.84. The largest absolute Gasteiger partial charge is 0.478 e. The smallest absolute Gasteiger partial charge is 0.265 e. The molecule has 2 aromatic rings. The van der Waals surface area contributed by atoms with Crippen molar-refractivity contribution in [3.05, 3.63) is 46.2 Å². The number of hydrogen-bond donors (Lipinski definition) is 1. The fraction of sp³-hybridized carbons (Fsp3) is 0.333. The maximum absolute atomic E-state index is 13.2. The Morgan fingerprint density at radius 1 is 1.33 bits per heavy atom. The molecule has 4 rings (SSSR count). The second-order valence-corrected chi connectivity index (χ2v) is 7.08. The Morgan fingerprint density at radius 3 is 3.00 bits per heavy atom. The first-order valence-electron chi connectivity index (χ1n) is 8.10. The Bertz CT molecular complexity index is 788. The standard InChI is InChI=1S/C18H18N2O3S/c1-11-17(21)19-13-6-2-5-12(16(13)23-11)18(22)20-9-3-7-14(20)15-8-4-10-24-15/h2,4-6,8,10-11,14H,3,7,9H2,1H3,(H,19,21)/t11-,14-/m1/s1. The fourth-order valence-electron chi connectivity index (χ4n) is 3.34. The van der Waals surface area contributed by atoms with Crippen LogP contribution < -0.4 is 10.1 Å². The van der Waals surface area contributed by atoms with E-state index in [1.807, 2.05) is 16.3 Å². The highest BCUT2D eigenvalue weighted by Crippen LogP contribution is 2.39. The van der Waals surface area contributed by atoms with E-state index < -0.39 is 6.10 Å². The highest BCUT2D eigenvalue weighted by atomic mass is 32.1. The van der Waals surface area contributed by atoms with Crippen molar-refractivity contribution >= 4 is 28.8 Å². The summed E-state index contributed by atoms with van der Waals surface area (Å²) in [5.74, 6) is 0.252. The van der Waals surface area contributed by atoms with E-state index in [-0.39, 0.29) is 17.9 Å². The lowest BCUT2D eigenvalue weighted by Crippen LogP contribution is -2.36. The van der Waals surface area contributed by atoms with Crippen molar-refractivity contribution < 1.29 is 14.3 Å². The van der Waals surface area contributed by atoms with Gasteiger partial charge < -0.3 is 15.0 Å². The van der Waals surface area contributed by atoms with E-state index in [2.05, 4.69) is 11.4 Å². The van der Waals surface area contributed by atoms with Gasteiger partial charge in [-0.25, -0.2) is 0 Å². The van der Waals surface area contributed by atoms with Crippen LogP contribution in [0.5, 0.6) is 5.75 Å². The molecular formula is C18H18N2O3S. The van der Waals surface area contributed by atoms with Crippen LogP contribution in [0.3, 0.4) is 0 Å². The zero-order valence-electron chi connectivity index (χ0n) is 13.3. The summed E-state index contributed by atoms with van der Waals surface area (Å²) in [6, 6.07) is 9.54. The molecule has 1 saturated heterocycles. The van der Waals surface area contributed by atoms with Gasteiger partial charge in [0.15, 0.2) is 11.9 Å². The summed E-state index contributed by atoms with van der Waals surface area (Å²) in [7, 11) is 0. The van der Waals surface area contributed by atoms with Crippen LogP contribution in [-0.4, -0.2) is 29.4 Å². The summed E-state index contributed by atoms with van der Waals surface area (Å²) in [4.78, 5) is 28.1. The van der Waals surface area contributed by atoms with Gasteiger partial charge in [-0.2, -0.15) is 0 Å². The number of rotatable bonds is 2. The van der Waals surface area contributed by atoms with Crippen LogP contribution in [0, 0.1) is 0 Å². The number of likely N-dealkylation sites (tertiary alicyclic amines) is 1. The normalized spacial score (nSPS) is 22.7. The molecule has 3 heterocycles. The number of anilines is 1. The van der Waals surface area contributed by atoms with Gasteiger partial charge in [0.2, 0.25) is 0 Å². The predicted octanol–water partition coefficient (Wildman–Crippen LogP) is 3.44. The van der Waals surface area contributed by atoms with Crippen LogP contribution in [0.15, 0.2) is 35.7 Å². The van der Waals surface area contributed by atoms with Crippen LogP contribution in [0.25, 0.3) is 0 Å². The first kappa shape index (κ1) is 15.2. The molecule has 5 nitrogen and oxygen atoms in total. The molecular weight excluding hydrogens is 324 g/mol. The number of benzene rings is 1. The van der Waals surface area contributed by atoms with Crippen molar-refractivity contribution in [2.75, 3.05) is 11.9 Å². The molecule has 1 aromatic carbocycles. The van der Waals surface area contributed by atoms with Gasteiger partial charge in [-0.05, 0) is 43.3 Å². The van der Waals surface area contributed by atoms with Gasteiger partial charge in [-0.15, -0.1) is 11.3 Å². The van der Waals surface area contributed by atoms with E-state index in [1.54, 1.807) is 36.5 Å². The van der Waals surface area contributed by atoms with Crippen molar-refractivity contribution in [1.82, 2.24) is 4.90 Å². The topological polar surface area (TPSA) is 58.6 Å². The number of amides is 2. The Balaban J connectivity index is 1.68. The van der Waals surface area contributed by atoms with E-state index in [9.17, 15) is 9.59 Å². The monoisotopic (exact) mass is 342 g/mol. The van der Waals surface area contributed by atoms with Crippen molar-refractivity contribution in [2.24, 2.45) is 0 Å². The number of nitrogens with one attached hydrogen (secondary N) is 1. The van der Waals surface area contributed by atoms with Gasteiger partial charge in [-0.3, -0.25) is 9.59 Å². The Kier molecular flexibility index (Phi) is 3.76. The zero-order valence-corrected chi connectivity index (χ0v) is 14.1. The third-order valence-corrected chi connectivity index (χ3v) is 5.53. The number of hydrogen-bond acceptors (Lipinski definition) is 4. The van der Waals surface area contributed by atoms with Crippen molar-refractivity contribution in [3.8, 4) is 5.75 Å². The average Bonchev–Trinajstić information content (AvgIpc) is 3.25. The van der Waals surface area contributed by atoms with E-state index in [0.717, 1.165) is 19.4 Å². The average molecular weight is 342 g/mol. The van der Waals surface area contributed by atoms with E-state index >= 15 is 0 Å². The minimum atomic E-state index is -0.599. The summed E-state index contributed by atoms with van der Waals surface area (Å²) in [6.07, 6.45) is 1.38. The molecule has 24 heavy (non-hydrogen) atoms. The van der Waals surface area contributed by atoms with E-state index in [0.29, 0.717) is 17.0 Å². The molecule has 2 aliphatic rings. The molecule has 6 heteroatoms. The lowest BCUT2D eigenvalue weighted by atomic mass is 10.1. The molecule has 2 aliphatic heterocycles. The molecule has 0 aliphatic carbocycles. The minimum absolute atomic E-state index is 0.0360. The van der Waals surface area contributed by atoms with Crippen LogP contribution in [-0.2, 0) is 4.79 Å². The maximum Gasteiger partial charge on any atom is 0.265 e. The molecule has 0 bridgehead atoms. The van der Waals surface area contributed by atoms with Gasteiger partial charge >= 0.3 is 0 Å². The summed E-state index contributed by atoms with van der Waals surface area (Å²) >= 11 is 1.68. The number of thiophene rings is 1. The van der Waals surface area contributed by atoms with Crippen molar-refractivity contribution in [2.45, 2.75) is 31.9 Å². The van der Waals surface area contributed by atoms with Gasteiger partial charge in [0.25, 0.3) is 11.8 Å². The van der Waals surface area contributed by atoms with Gasteiger partial charge in [-0.1, -0.05) is 12.1 Å². The molecule has 124 valence electrons. The highest BCUT2D eigenvalue weighted by molar-refractivity contribution is 7.10. The van der Waals surface area contributed by atoms with Crippen LogP contribution in [0.2, 0.25) is 0 Å². The summed E-state index contributed by atoms with van der Waals surface area (Å²) < 4.78 is 5.72. The van der Waals surface area contributed by atoms with Crippen molar-refractivity contribution in [3.63, 3.8) is 0 Å². The molecule has 0 unspecified atom stereocenters. The number of para-hydroxylation sites is 1. The lowest BCUT2D eigenvalue weighted by Gasteiger charge is -2.28. The third-order valence-electron chi connectivity index (χ3n) is 4.55. The summed E-state index contributed by atoms with van der Waals surface area (Å²) in [5.41, 5.74) is 1.08. The molecule has 2 atom stereocenters.